The predicted octanol–water partition coefficient (Wildman–Crippen LogP) is 4.83. The summed E-state index contributed by atoms with van der Waals surface area (Å²) in [7, 11) is 0. The van der Waals surface area contributed by atoms with Crippen molar-refractivity contribution >= 4 is 34.2 Å². The van der Waals surface area contributed by atoms with Crippen LogP contribution in [0.5, 0.6) is 0 Å². The van der Waals surface area contributed by atoms with Gasteiger partial charge in [0.05, 0.1) is 5.69 Å². The summed E-state index contributed by atoms with van der Waals surface area (Å²) in [6, 6.07) is 18.6. The number of nitrogens with one attached hydrogen (secondary N) is 1. The molecule has 3 amide bonds. The summed E-state index contributed by atoms with van der Waals surface area (Å²) in [5.74, 6) is -0.599. The van der Waals surface area contributed by atoms with Gasteiger partial charge in [-0.05, 0) is 55.3 Å². The van der Waals surface area contributed by atoms with Gasteiger partial charge in [-0.1, -0.05) is 62.4 Å². The molecule has 0 bridgehead atoms. The van der Waals surface area contributed by atoms with Crippen molar-refractivity contribution in [1.29, 1.82) is 0 Å². The minimum absolute atomic E-state index is 0.0132. The Labute approximate surface area is 206 Å². The lowest BCUT2D eigenvalue weighted by atomic mass is 10.1. The van der Waals surface area contributed by atoms with Gasteiger partial charge in [-0.15, -0.1) is 0 Å². The molecule has 0 saturated heterocycles. The van der Waals surface area contributed by atoms with E-state index >= 15 is 0 Å². The minimum Gasteiger partial charge on any atom is -0.352 e. The van der Waals surface area contributed by atoms with Crippen LogP contribution in [0.1, 0.15) is 55.1 Å². The molecule has 2 atom stereocenters. The molecule has 1 N–H and O–H groups in total. The second-order valence-corrected chi connectivity index (χ2v) is 9.26. The van der Waals surface area contributed by atoms with E-state index < -0.39 is 6.04 Å². The van der Waals surface area contributed by atoms with Gasteiger partial charge in [-0.25, -0.2) is 0 Å². The maximum atomic E-state index is 13.8. The molecule has 6 heteroatoms. The van der Waals surface area contributed by atoms with Gasteiger partial charge < -0.3 is 10.2 Å². The largest absolute Gasteiger partial charge is 0.352 e. The third-order valence-corrected chi connectivity index (χ3v) is 6.93. The SMILES string of the molecule is CC[C@@H](C)NC(=O)[C@H](CC)N(Cc1ccccc1C)C(=O)CN1C(=O)c2cccc3cccc1c23. The number of amides is 3. The average Bonchev–Trinajstić information content (AvgIpc) is 3.12. The van der Waals surface area contributed by atoms with Crippen LogP contribution in [0, 0.1) is 6.92 Å². The summed E-state index contributed by atoms with van der Waals surface area (Å²) in [6.45, 7) is 8.07. The van der Waals surface area contributed by atoms with Crippen LogP contribution in [0.15, 0.2) is 60.7 Å². The number of hydrogen-bond donors (Lipinski definition) is 1. The molecule has 0 aromatic heterocycles. The number of hydrogen-bond acceptors (Lipinski definition) is 3. The van der Waals surface area contributed by atoms with Crippen molar-refractivity contribution in [1.82, 2.24) is 10.2 Å². The van der Waals surface area contributed by atoms with Crippen LogP contribution in [-0.2, 0) is 16.1 Å². The Morgan fingerprint density at radius 3 is 2.37 bits per heavy atom. The molecule has 0 spiro atoms. The highest BCUT2D eigenvalue weighted by atomic mass is 16.2. The zero-order valence-electron chi connectivity index (χ0n) is 20.9. The van der Waals surface area contributed by atoms with Crippen LogP contribution in [0.25, 0.3) is 10.8 Å². The van der Waals surface area contributed by atoms with Crippen molar-refractivity contribution in [3.8, 4) is 0 Å². The van der Waals surface area contributed by atoms with E-state index in [2.05, 4.69) is 5.32 Å². The van der Waals surface area contributed by atoms with Crippen molar-refractivity contribution in [2.24, 2.45) is 0 Å². The van der Waals surface area contributed by atoms with E-state index in [-0.39, 0.29) is 30.3 Å². The van der Waals surface area contributed by atoms with Gasteiger partial charge in [-0.2, -0.15) is 0 Å². The van der Waals surface area contributed by atoms with Crippen LogP contribution in [0.3, 0.4) is 0 Å². The molecule has 35 heavy (non-hydrogen) atoms. The minimum atomic E-state index is -0.632. The third-order valence-electron chi connectivity index (χ3n) is 6.93. The molecule has 3 aromatic rings. The fourth-order valence-corrected chi connectivity index (χ4v) is 4.69. The van der Waals surface area contributed by atoms with Gasteiger partial charge in [0, 0.05) is 23.5 Å². The second kappa shape index (κ2) is 10.3. The molecule has 6 nitrogen and oxygen atoms in total. The summed E-state index contributed by atoms with van der Waals surface area (Å²) in [4.78, 5) is 43.5. The highest BCUT2D eigenvalue weighted by Gasteiger charge is 2.35. The predicted molar refractivity (Wildman–Crippen MR) is 139 cm³/mol. The molecule has 1 heterocycles. The standard InChI is InChI=1S/C29H33N3O3/c1-5-20(4)30-28(34)24(6-2)31(17-22-12-8-7-11-19(22)3)26(33)18-32-25-16-10-14-21-13-9-15-23(27(21)25)29(32)35/h7-16,20,24H,5-6,17-18H2,1-4H3,(H,30,34)/t20-,24+/m1/s1. The molecule has 0 fully saturated rings. The van der Waals surface area contributed by atoms with Crippen molar-refractivity contribution < 1.29 is 14.4 Å². The number of benzene rings is 3. The van der Waals surface area contributed by atoms with E-state index in [9.17, 15) is 14.4 Å². The fraction of sp³-hybridized carbons (Fsp3) is 0.345. The number of carbonyl (C=O) groups excluding carboxylic acids is 3. The third kappa shape index (κ3) is 4.78. The summed E-state index contributed by atoms with van der Waals surface area (Å²) in [6.07, 6.45) is 1.28. The fourth-order valence-electron chi connectivity index (χ4n) is 4.69. The summed E-state index contributed by atoms with van der Waals surface area (Å²) >= 11 is 0. The first-order valence-electron chi connectivity index (χ1n) is 12.3. The Balaban J connectivity index is 1.66. The quantitative estimate of drug-likeness (QED) is 0.486. The Bertz CT molecular complexity index is 1260. The molecule has 3 aromatic carbocycles. The number of nitrogens with zero attached hydrogens (tertiary/aromatic N) is 2. The van der Waals surface area contributed by atoms with E-state index in [0.29, 0.717) is 18.5 Å². The Kier molecular flexibility index (Phi) is 7.20. The normalized spacial score (nSPS) is 14.2. The number of carbonyl (C=O) groups is 3. The maximum Gasteiger partial charge on any atom is 0.259 e. The topological polar surface area (TPSA) is 69.7 Å². The van der Waals surface area contributed by atoms with Crippen molar-refractivity contribution in [3.63, 3.8) is 0 Å². The number of rotatable bonds is 9. The zero-order chi connectivity index (χ0) is 25.1. The lowest BCUT2D eigenvalue weighted by Gasteiger charge is -2.33. The molecule has 0 aliphatic carbocycles. The molecule has 182 valence electrons. The maximum absolute atomic E-state index is 13.8. The van der Waals surface area contributed by atoms with E-state index in [1.165, 1.54) is 0 Å². The molecule has 1 aliphatic rings. The van der Waals surface area contributed by atoms with Crippen molar-refractivity contribution in [2.75, 3.05) is 11.4 Å². The van der Waals surface area contributed by atoms with Gasteiger partial charge in [0.15, 0.2) is 0 Å². The summed E-state index contributed by atoms with van der Waals surface area (Å²) in [5.41, 5.74) is 3.38. The Morgan fingerprint density at radius 2 is 1.69 bits per heavy atom. The number of anilines is 1. The van der Waals surface area contributed by atoms with Crippen LogP contribution in [-0.4, -0.2) is 41.2 Å². The Morgan fingerprint density at radius 1 is 0.971 bits per heavy atom. The van der Waals surface area contributed by atoms with Gasteiger partial charge in [0.25, 0.3) is 5.91 Å². The van der Waals surface area contributed by atoms with Crippen LogP contribution in [0.2, 0.25) is 0 Å². The lowest BCUT2D eigenvalue weighted by Crippen LogP contribution is -2.53. The van der Waals surface area contributed by atoms with E-state index in [4.69, 9.17) is 0 Å². The highest BCUT2D eigenvalue weighted by Crippen LogP contribution is 2.37. The van der Waals surface area contributed by atoms with Crippen LogP contribution < -0.4 is 10.2 Å². The smallest absolute Gasteiger partial charge is 0.259 e. The van der Waals surface area contributed by atoms with Crippen molar-refractivity contribution in [2.45, 2.75) is 59.2 Å². The molecule has 0 radical (unpaired) electrons. The van der Waals surface area contributed by atoms with Crippen molar-refractivity contribution in [3.05, 3.63) is 77.4 Å². The molecule has 1 aliphatic heterocycles. The lowest BCUT2D eigenvalue weighted by molar-refractivity contribution is -0.140. The van der Waals surface area contributed by atoms with Crippen LogP contribution in [0.4, 0.5) is 5.69 Å². The van der Waals surface area contributed by atoms with E-state index in [0.717, 1.165) is 34.0 Å². The molecular weight excluding hydrogens is 438 g/mol. The zero-order valence-corrected chi connectivity index (χ0v) is 20.9. The van der Waals surface area contributed by atoms with Gasteiger partial charge >= 0.3 is 0 Å². The van der Waals surface area contributed by atoms with Gasteiger partial charge in [0.2, 0.25) is 11.8 Å². The highest BCUT2D eigenvalue weighted by molar-refractivity contribution is 6.26. The number of aryl methyl sites for hydroxylation is 1. The monoisotopic (exact) mass is 471 g/mol. The second-order valence-electron chi connectivity index (χ2n) is 9.26. The average molecular weight is 472 g/mol. The molecule has 0 unspecified atom stereocenters. The Hall–Kier alpha value is -3.67. The first-order chi connectivity index (χ1) is 16.8. The van der Waals surface area contributed by atoms with E-state index in [1.807, 2.05) is 82.3 Å². The summed E-state index contributed by atoms with van der Waals surface area (Å²) in [5, 5.41) is 4.88. The van der Waals surface area contributed by atoms with Crippen LogP contribution >= 0.6 is 0 Å². The first kappa shape index (κ1) is 24.5. The first-order valence-corrected chi connectivity index (χ1v) is 12.3. The summed E-state index contributed by atoms with van der Waals surface area (Å²) < 4.78 is 0. The molecule has 4 rings (SSSR count). The van der Waals surface area contributed by atoms with Gasteiger partial charge in [0.1, 0.15) is 12.6 Å². The van der Waals surface area contributed by atoms with Gasteiger partial charge in [-0.3, -0.25) is 19.3 Å². The molecule has 0 saturated carbocycles. The van der Waals surface area contributed by atoms with E-state index in [1.54, 1.807) is 15.9 Å². The molecular formula is C29H33N3O3.